The number of aryl methyl sites for hydroxylation is 1. The zero-order valence-electron chi connectivity index (χ0n) is 14.2. The number of hydrogen-bond donors (Lipinski definition) is 2. The third kappa shape index (κ3) is 3.81. The van der Waals surface area contributed by atoms with Crippen LogP contribution in [0.5, 0.6) is 0 Å². The quantitative estimate of drug-likeness (QED) is 0.892. The second-order valence-corrected chi connectivity index (χ2v) is 6.58. The second kappa shape index (κ2) is 6.96. The molecular weight excluding hydrogens is 322 g/mol. The number of piperidine rings is 1. The zero-order valence-corrected chi connectivity index (χ0v) is 14.2. The van der Waals surface area contributed by atoms with E-state index in [0.29, 0.717) is 24.5 Å². The van der Waals surface area contributed by atoms with E-state index in [1.165, 1.54) is 6.26 Å². The molecule has 0 bridgehead atoms. The molecule has 3 rings (SSSR count). The average molecular weight is 343 g/mol. The topological polar surface area (TPSA) is 95.7 Å². The van der Waals surface area contributed by atoms with Gasteiger partial charge in [-0.05, 0) is 37.0 Å². The Morgan fingerprint density at radius 2 is 2.16 bits per heavy atom. The van der Waals surface area contributed by atoms with Gasteiger partial charge in [-0.2, -0.15) is 0 Å². The van der Waals surface area contributed by atoms with E-state index in [1.54, 1.807) is 17.2 Å². The largest absolute Gasteiger partial charge is 0.481 e. The Labute approximate surface area is 145 Å². The summed E-state index contributed by atoms with van der Waals surface area (Å²) in [6.07, 6.45) is 3.65. The predicted octanol–water partition coefficient (Wildman–Crippen LogP) is 3.22. The Balaban J connectivity index is 1.76. The maximum atomic E-state index is 12.6. The molecule has 0 saturated carbocycles. The number of likely N-dealkylation sites (tertiary alicyclic amines) is 1. The Kier molecular flexibility index (Phi) is 4.74. The third-order valence-electron chi connectivity index (χ3n) is 4.45. The molecule has 1 aliphatic heterocycles. The van der Waals surface area contributed by atoms with E-state index in [9.17, 15) is 14.7 Å². The van der Waals surface area contributed by atoms with E-state index in [0.717, 1.165) is 11.1 Å². The van der Waals surface area contributed by atoms with Crippen LogP contribution in [0.2, 0.25) is 0 Å². The number of aromatic nitrogens is 1. The van der Waals surface area contributed by atoms with Gasteiger partial charge in [0, 0.05) is 24.3 Å². The number of nitrogens with one attached hydrogen (secondary N) is 1. The molecular formula is C18H21N3O4. The molecule has 1 aromatic carbocycles. The van der Waals surface area contributed by atoms with Crippen molar-refractivity contribution in [2.45, 2.75) is 20.3 Å². The molecule has 2 atom stereocenters. The number of nitrogens with zero attached hydrogens (tertiary/aromatic N) is 2. The van der Waals surface area contributed by atoms with Gasteiger partial charge < -0.3 is 19.7 Å². The van der Waals surface area contributed by atoms with Crippen LogP contribution >= 0.6 is 0 Å². The van der Waals surface area contributed by atoms with Gasteiger partial charge in [0.1, 0.15) is 6.26 Å². The number of carbonyl (C=O) groups is 2. The van der Waals surface area contributed by atoms with E-state index in [-0.39, 0.29) is 18.5 Å². The maximum Gasteiger partial charge on any atom is 0.321 e. The van der Waals surface area contributed by atoms with Gasteiger partial charge in [-0.3, -0.25) is 4.79 Å². The first-order valence-corrected chi connectivity index (χ1v) is 8.23. The average Bonchev–Trinajstić information content (AvgIpc) is 3.10. The number of oxazole rings is 1. The molecule has 25 heavy (non-hydrogen) atoms. The smallest absolute Gasteiger partial charge is 0.321 e. The molecule has 2 aromatic rings. The molecule has 7 heteroatoms. The number of benzene rings is 1. The molecule has 0 radical (unpaired) electrons. The summed E-state index contributed by atoms with van der Waals surface area (Å²) in [5, 5.41) is 12.1. The van der Waals surface area contributed by atoms with Gasteiger partial charge in [0.05, 0.1) is 12.1 Å². The van der Waals surface area contributed by atoms with E-state index in [4.69, 9.17) is 4.42 Å². The molecule has 2 N–H and O–H groups in total. The maximum absolute atomic E-state index is 12.6. The molecule has 0 aliphatic carbocycles. The van der Waals surface area contributed by atoms with Crippen molar-refractivity contribution in [3.8, 4) is 11.5 Å². The Bertz CT molecular complexity index is 773. The minimum atomic E-state index is -0.855. The fourth-order valence-corrected chi connectivity index (χ4v) is 3.15. The normalized spacial score (nSPS) is 20.3. The van der Waals surface area contributed by atoms with Crippen molar-refractivity contribution in [3.63, 3.8) is 0 Å². The highest BCUT2D eigenvalue weighted by atomic mass is 16.4. The van der Waals surface area contributed by atoms with Crippen molar-refractivity contribution < 1.29 is 19.1 Å². The number of carbonyl (C=O) groups excluding carboxylic acids is 1. The monoisotopic (exact) mass is 343 g/mol. The number of amides is 2. The van der Waals surface area contributed by atoms with Crippen molar-refractivity contribution in [3.05, 3.63) is 36.2 Å². The summed E-state index contributed by atoms with van der Waals surface area (Å²) in [7, 11) is 0. The summed E-state index contributed by atoms with van der Waals surface area (Å²) in [4.78, 5) is 29.6. The molecule has 2 heterocycles. The van der Waals surface area contributed by atoms with Crippen molar-refractivity contribution in [1.29, 1.82) is 0 Å². The molecule has 0 spiro atoms. The first-order chi connectivity index (χ1) is 11.9. The minimum Gasteiger partial charge on any atom is -0.481 e. The van der Waals surface area contributed by atoms with Crippen LogP contribution in [0, 0.1) is 18.8 Å². The highest BCUT2D eigenvalue weighted by Crippen LogP contribution is 2.26. The van der Waals surface area contributed by atoms with Crippen molar-refractivity contribution in [1.82, 2.24) is 9.88 Å². The summed E-state index contributed by atoms with van der Waals surface area (Å²) in [5.41, 5.74) is 2.33. The molecule has 1 saturated heterocycles. The summed E-state index contributed by atoms with van der Waals surface area (Å²) in [5.74, 6) is -0.742. The molecule has 2 amide bonds. The number of anilines is 1. The lowest BCUT2D eigenvalue weighted by Crippen LogP contribution is -2.47. The molecule has 1 aromatic heterocycles. The zero-order chi connectivity index (χ0) is 18.0. The van der Waals surface area contributed by atoms with Gasteiger partial charge in [0.2, 0.25) is 5.89 Å². The lowest BCUT2D eigenvalue weighted by atomic mass is 9.91. The highest BCUT2D eigenvalue weighted by Gasteiger charge is 2.32. The van der Waals surface area contributed by atoms with Crippen molar-refractivity contribution in [2.75, 3.05) is 18.4 Å². The summed E-state index contributed by atoms with van der Waals surface area (Å²) in [6.45, 7) is 4.63. The van der Waals surface area contributed by atoms with Crippen LogP contribution < -0.4 is 5.32 Å². The Morgan fingerprint density at radius 3 is 2.84 bits per heavy atom. The van der Waals surface area contributed by atoms with Gasteiger partial charge in [0.25, 0.3) is 0 Å². The lowest BCUT2D eigenvalue weighted by Gasteiger charge is -2.34. The van der Waals surface area contributed by atoms with Gasteiger partial charge >= 0.3 is 12.0 Å². The van der Waals surface area contributed by atoms with E-state index in [2.05, 4.69) is 10.3 Å². The Morgan fingerprint density at radius 1 is 1.36 bits per heavy atom. The van der Waals surface area contributed by atoms with Crippen LogP contribution in [0.25, 0.3) is 11.5 Å². The number of urea groups is 1. The van der Waals surface area contributed by atoms with E-state index in [1.807, 2.05) is 26.0 Å². The van der Waals surface area contributed by atoms with Crippen LogP contribution in [0.1, 0.15) is 18.9 Å². The summed E-state index contributed by atoms with van der Waals surface area (Å²) >= 11 is 0. The highest BCUT2D eigenvalue weighted by molar-refractivity contribution is 5.91. The lowest BCUT2D eigenvalue weighted by molar-refractivity contribution is -0.143. The van der Waals surface area contributed by atoms with Crippen molar-refractivity contribution >= 4 is 17.7 Å². The van der Waals surface area contributed by atoms with Crippen molar-refractivity contribution in [2.24, 2.45) is 11.8 Å². The van der Waals surface area contributed by atoms with Gasteiger partial charge in [-0.25, -0.2) is 9.78 Å². The number of carboxylic acid groups (broad SMARTS) is 1. The predicted molar refractivity (Wildman–Crippen MR) is 92.2 cm³/mol. The second-order valence-electron chi connectivity index (χ2n) is 6.58. The molecule has 7 nitrogen and oxygen atoms in total. The Hall–Kier alpha value is -2.83. The number of hydrogen-bond acceptors (Lipinski definition) is 4. The van der Waals surface area contributed by atoms with E-state index < -0.39 is 11.9 Å². The number of rotatable bonds is 3. The first-order valence-electron chi connectivity index (χ1n) is 8.23. The fraction of sp³-hybridized carbons (Fsp3) is 0.389. The fourth-order valence-electron chi connectivity index (χ4n) is 3.15. The van der Waals surface area contributed by atoms with Gasteiger partial charge in [0.15, 0.2) is 0 Å². The van der Waals surface area contributed by atoms with Crippen LogP contribution in [0.15, 0.2) is 35.1 Å². The summed E-state index contributed by atoms with van der Waals surface area (Å²) in [6, 6.07) is 5.28. The molecule has 1 aliphatic rings. The number of aliphatic carboxylic acids is 1. The minimum absolute atomic E-state index is 0.153. The van der Waals surface area contributed by atoms with Crippen LogP contribution in [0.3, 0.4) is 0 Å². The summed E-state index contributed by atoms with van der Waals surface area (Å²) < 4.78 is 5.29. The van der Waals surface area contributed by atoms with Gasteiger partial charge in [-0.15, -0.1) is 0 Å². The molecule has 2 unspecified atom stereocenters. The third-order valence-corrected chi connectivity index (χ3v) is 4.45. The van der Waals surface area contributed by atoms with Gasteiger partial charge in [-0.1, -0.05) is 13.0 Å². The standard InChI is InChI=1S/C18H21N3O4/c1-11-7-14(17(22)23)10-21(9-11)18(24)20-15-8-13(4-3-12(15)2)16-19-5-6-25-16/h3-6,8,11,14H,7,9-10H2,1-2H3,(H,20,24)(H,22,23). The SMILES string of the molecule is Cc1ccc(-c2ncco2)cc1NC(=O)N1CC(C)CC(C(=O)O)C1. The first kappa shape index (κ1) is 17.0. The number of carboxylic acids is 1. The van der Waals surface area contributed by atoms with E-state index >= 15 is 0 Å². The van der Waals surface area contributed by atoms with Crippen LogP contribution in [-0.4, -0.2) is 40.1 Å². The van der Waals surface area contributed by atoms with Crippen LogP contribution in [0.4, 0.5) is 10.5 Å². The van der Waals surface area contributed by atoms with Crippen LogP contribution in [-0.2, 0) is 4.79 Å². The molecule has 1 fully saturated rings. The molecule has 132 valence electrons.